The predicted octanol–water partition coefficient (Wildman–Crippen LogP) is 2.80. The van der Waals surface area contributed by atoms with E-state index in [-0.39, 0.29) is 23.3 Å². The number of benzene rings is 1. The first-order valence-corrected chi connectivity index (χ1v) is 8.54. The second-order valence-corrected chi connectivity index (χ2v) is 7.53. The summed E-state index contributed by atoms with van der Waals surface area (Å²) >= 11 is 0. The zero-order valence-electron chi connectivity index (χ0n) is 15.3. The van der Waals surface area contributed by atoms with Gasteiger partial charge in [0.25, 0.3) is 5.91 Å². The summed E-state index contributed by atoms with van der Waals surface area (Å²) in [6.45, 7) is 12.0. The Hall–Kier alpha value is -2.04. The number of carbonyl (C=O) groups is 2. The molecule has 0 atom stereocenters. The van der Waals surface area contributed by atoms with Crippen LogP contribution < -0.4 is 4.74 Å². The molecule has 0 aliphatic carbocycles. The molecule has 132 valence electrons. The Morgan fingerprint density at radius 2 is 1.46 bits per heavy atom. The third kappa shape index (κ3) is 4.49. The maximum atomic E-state index is 12.6. The van der Waals surface area contributed by atoms with Crippen molar-refractivity contribution in [1.29, 1.82) is 0 Å². The van der Waals surface area contributed by atoms with Crippen molar-refractivity contribution < 1.29 is 14.3 Å². The lowest BCUT2D eigenvalue weighted by molar-refractivity contribution is -0.140. The van der Waals surface area contributed by atoms with Crippen LogP contribution in [0.2, 0.25) is 0 Å². The van der Waals surface area contributed by atoms with Crippen LogP contribution in [0.4, 0.5) is 0 Å². The summed E-state index contributed by atoms with van der Waals surface area (Å²) in [5, 5.41) is 0. The summed E-state index contributed by atoms with van der Waals surface area (Å²) in [6.07, 6.45) is 0.111. The summed E-state index contributed by atoms with van der Waals surface area (Å²) < 4.78 is 5.60. The minimum atomic E-state index is -0.377. The van der Waals surface area contributed by atoms with Gasteiger partial charge in [0.15, 0.2) is 0 Å². The highest BCUT2D eigenvalue weighted by Crippen LogP contribution is 2.20. The lowest BCUT2D eigenvalue weighted by atomic mass is 9.94. The molecule has 5 nitrogen and oxygen atoms in total. The topological polar surface area (TPSA) is 49.9 Å². The molecule has 2 rings (SSSR count). The maximum absolute atomic E-state index is 12.6. The molecule has 0 aromatic heterocycles. The van der Waals surface area contributed by atoms with Crippen LogP contribution in [0.5, 0.6) is 5.75 Å². The fraction of sp³-hybridized carbons (Fsp3) is 0.579. The van der Waals surface area contributed by atoms with E-state index >= 15 is 0 Å². The van der Waals surface area contributed by atoms with Gasteiger partial charge in [0, 0.05) is 37.2 Å². The summed E-state index contributed by atoms with van der Waals surface area (Å²) in [7, 11) is 0. The van der Waals surface area contributed by atoms with Crippen molar-refractivity contribution in [3.05, 3.63) is 29.8 Å². The number of nitrogens with zero attached hydrogens (tertiary/aromatic N) is 2. The molecule has 0 radical (unpaired) electrons. The van der Waals surface area contributed by atoms with Crippen LogP contribution in [0.15, 0.2) is 24.3 Å². The number of hydrogen-bond acceptors (Lipinski definition) is 3. The van der Waals surface area contributed by atoms with Gasteiger partial charge >= 0.3 is 0 Å². The van der Waals surface area contributed by atoms with Crippen LogP contribution in [0.1, 0.15) is 45.0 Å². The Kier molecular flexibility index (Phi) is 5.52. The highest BCUT2D eigenvalue weighted by atomic mass is 16.5. The molecule has 1 aromatic carbocycles. The molecule has 2 amide bonds. The van der Waals surface area contributed by atoms with Crippen molar-refractivity contribution in [3.63, 3.8) is 0 Å². The van der Waals surface area contributed by atoms with Crippen LogP contribution in [0.3, 0.4) is 0 Å². The van der Waals surface area contributed by atoms with Crippen molar-refractivity contribution >= 4 is 11.8 Å². The Morgan fingerprint density at radius 1 is 0.958 bits per heavy atom. The second-order valence-electron chi connectivity index (χ2n) is 7.53. The van der Waals surface area contributed by atoms with Gasteiger partial charge in [-0.05, 0) is 38.1 Å². The Bertz CT molecular complexity index is 580. The van der Waals surface area contributed by atoms with Crippen molar-refractivity contribution in [2.75, 3.05) is 26.2 Å². The Labute approximate surface area is 144 Å². The number of carbonyl (C=O) groups excluding carboxylic acids is 2. The quantitative estimate of drug-likeness (QED) is 0.855. The standard InChI is InChI=1S/C19H28N2O3/c1-14(2)24-16-8-6-15(7-9-16)17(22)20-10-12-21(13-11-20)18(23)19(3,4)5/h6-9,14H,10-13H2,1-5H3. The first-order valence-electron chi connectivity index (χ1n) is 8.54. The van der Waals surface area contributed by atoms with Gasteiger partial charge in [-0.1, -0.05) is 20.8 Å². The normalized spacial score (nSPS) is 15.6. The van der Waals surface area contributed by atoms with Crippen molar-refractivity contribution in [1.82, 2.24) is 9.80 Å². The van der Waals surface area contributed by atoms with Gasteiger partial charge in [-0.2, -0.15) is 0 Å². The minimum Gasteiger partial charge on any atom is -0.491 e. The third-order valence-electron chi connectivity index (χ3n) is 3.97. The van der Waals surface area contributed by atoms with E-state index in [1.807, 2.05) is 56.6 Å². The fourth-order valence-corrected chi connectivity index (χ4v) is 2.72. The summed E-state index contributed by atoms with van der Waals surface area (Å²) in [4.78, 5) is 28.5. The van der Waals surface area contributed by atoms with E-state index in [9.17, 15) is 9.59 Å². The molecule has 5 heteroatoms. The van der Waals surface area contributed by atoms with Gasteiger partial charge in [0.1, 0.15) is 5.75 Å². The molecule has 1 aromatic rings. The molecule has 0 bridgehead atoms. The lowest BCUT2D eigenvalue weighted by Gasteiger charge is -2.37. The molecule has 1 aliphatic rings. The monoisotopic (exact) mass is 332 g/mol. The minimum absolute atomic E-state index is 0.00829. The van der Waals surface area contributed by atoms with Gasteiger partial charge in [-0.15, -0.1) is 0 Å². The van der Waals surface area contributed by atoms with Gasteiger partial charge in [-0.3, -0.25) is 9.59 Å². The van der Waals surface area contributed by atoms with E-state index in [0.717, 1.165) is 5.75 Å². The van der Waals surface area contributed by atoms with E-state index in [1.54, 1.807) is 12.1 Å². The molecule has 0 saturated carbocycles. The number of rotatable bonds is 3. The second kappa shape index (κ2) is 7.24. The smallest absolute Gasteiger partial charge is 0.253 e. The molecule has 24 heavy (non-hydrogen) atoms. The highest BCUT2D eigenvalue weighted by molar-refractivity contribution is 5.94. The molecule has 0 N–H and O–H groups in total. The van der Waals surface area contributed by atoms with Gasteiger partial charge < -0.3 is 14.5 Å². The van der Waals surface area contributed by atoms with Crippen LogP contribution in [-0.2, 0) is 4.79 Å². The first kappa shape index (κ1) is 18.3. The maximum Gasteiger partial charge on any atom is 0.253 e. The average Bonchev–Trinajstić information content (AvgIpc) is 2.53. The SMILES string of the molecule is CC(C)Oc1ccc(C(=O)N2CCN(C(=O)C(C)(C)C)CC2)cc1. The number of amides is 2. The molecule has 1 aliphatic heterocycles. The van der Waals surface area contributed by atoms with E-state index in [1.165, 1.54) is 0 Å². The van der Waals surface area contributed by atoms with Crippen LogP contribution in [-0.4, -0.2) is 53.9 Å². The largest absolute Gasteiger partial charge is 0.491 e. The fourth-order valence-electron chi connectivity index (χ4n) is 2.72. The third-order valence-corrected chi connectivity index (χ3v) is 3.97. The summed E-state index contributed by atoms with van der Waals surface area (Å²) in [5.41, 5.74) is 0.278. The molecule has 1 heterocycles. The van der Waals surface area contributed by atoms with Crippen molar-refractivity contribution in [3.8, 4) is 5.75 Å². The highest BCUT2D eigenvalue weighted by Gasteiger charge is 2.31. The van der Waals surface area contributed by atoms with Gasteiger partial charge in [0.2, 0.25) is 5.91 Å². The van der Waals surface area contributed by atoms with E-state index in [2.05, 4.69) is 0 Å². The number of hydrogen-bond donors (Lipinski definition) is 0. The average molecular weight is 332 g/mol. The lowest BCUT2D eigenvalue weighted by Crippen LogP contribution is -2.53. The molecule has 0 unspecified atom stereocenters. The molecular formula is C19H28N2O3. The van der Waals surface area contributed by atoms with E-state index in [0.29, 0.717) is 31.7 Å². The predicted molar refractivity (Wildman–Crippen MR) is 94.1 cm³/mol. The number of piperazine rings is 1. The first-order chi connectivity index (χ1) is 11.2. The van der Waals surface area contributed by atoms with Crippen molar-refractivity contribution in [2.24, 2.45) is 5.41 Å². The summed E-state index contributed by atoms with van der Waals surface area (Å²) in [6, 6.07) is 7.25. The van der Waals surface area contributed by atoms with Crippen molar-refractivity contribution in [2.45, 2.75) is 40.7 Å². The zero-order chi connectivity index (χ0) is 17.9. The summed E-state index contributed by atoms with van der Waals surface area (Å²) in [5.74, 6) is 0.917. The number of ether oxygens (including phenoxy) is 1. The van der Waals surface area contributed by atoms with Crippen LogP contribution in [0.25, 0.3) is 0 Å². The van der Waals surface area contributed by atoms with Crippen LogP contribution >= 0.6 is 0 Å². The Balaban J connectivity index is 1.94. The molecule has 0 spiro atoms. The van der Waals surface area contributed by atoms with Gasteiger partial charge in [0.05, 0.1) is 6.10 Å². The van der Waals surface area contributed by atoms with E-state index in [4.69, 9.17) is 4.74 Å². The van der Waals surface area contributed by atoms with Gasteiger partial charge in [-0.25, -0.2) is 0 Å². The zero-order valence-corrected chi connectivity index (χ0v) is 15.3. The van der Waals surface area contributed by atoms with E-state index < -0.39 is 0 Å². The van der Waals surface area contributed by atoms with Crippen LogP contribution in [0, 0.1) is 5.41 Å². The molecular weight excluding hydrogens is 304 g/mol. The molecule has 1 saturated heterocycles. The Morgan fingerprint density at radius 3 is 1.92 bits per heavy atom. The molecule has 1 fully saturated rings.